The van der Waals surface area contributed by atoms with E-state index < -0.39 is 0 Å². The van der Waals surface area contributed by atoms with Crippen LogP contribution in [0.25, 0.3) is 5.69 Å². The number of benzene rings is 1. The molecule has 1 heterocycles. The van der Waals surface area contributed by atoms with Crippen LogP contribution in [0.15, 0.2) is 18.2 Å². The van der Waals surface area contributed by atoms with Gasteiger partial charge in [0.2, 0.25) is 0 Å². The summed E-state index contributed by atoms with van der Waals surface area (Å²) in [6, 6.07) is 5.19. The first-order valence-electron chi connectivity index (χ1n) is 5.84. The number of nitrogens with zero attached hydrogens (tertiary/aromatic N) is 4. The van der Waals surface area contributed by atoms with Crippen LogP contribution in [-0.4, -0.2) is 25.7 Å². The number of tetrazole rings is 1. The molecule has 0 spiro atoms. The van der Waals surface area contributed by atoms with E-state index in [1.54, 1.807) is 22.9 Å². The summed E-state index contributed by atoms with van der Waals surface area (Å²) in [7, 11) is 0. The average molecular weight is 300 g/mol. The number of aromatic nitrogens is 4. The van der Waals surface area contributed by atoms with Gasteiger partial charge in [-0.1, -0.05) is 23.2 Å². The molecule has 0 saturated carbocycles. The fraction of sp³-hybridized carbons (Fsp3) is 0.417. The van der Waals surface area contributed by atoms with Gasteiger partial charge in [0.15, 0.2) is 5.82 Å². The number of halogens is 2. The fourth-order valence-electron chi connectivity index (χ4n) is 1.50. The molecule has 0 atom stereocenters. The molecule has 7 heteroatoms. The van der Waals surface area contributed by atoms with Crippen molar-refractivity contribution >= 4 is 23.2 Å². The summed E-state index contributed by atoms with van der Waals surface area (Å²) >= 11 is 12.1. The van der Waals surface area contributed by atoms with Crippen LogP contribution in [0.2, 0.25) is 10.0 Å². The van der Waals surface area contributed by atoms with Gasteiger partial charge in [-0.05, 0) is 49.4 Å². The molecule has 19 heavy (non-hydrogen) atoms. The Morgan fingerprint density at radius 1 is 1.26 bits per heavy atom. The summed E-state index contributed by atoms with van der Waals surface area (Å²) in [5.74, 6) is 0.680. The second-order valence-electron chi connectivity index (χ2n) is 5.21. The second kappa shape index (κ2) is 5.45. The van der Waals surface area contributed by atoms with E-state index in [4.69, 9.17) is 23.2 Å². The smallest absolute Gasteiger partial charge is 0.170 e. The largest absolute Gasteiger partial charge is 0.305 e. The van der Waals surface area contributed by atoms with E-state index in [1.807, 2.05) is 0 Å². The van der Waals surface area contributed by atoms with Crippen molar-refractivity contribution in [2.75, 3.05) is 0 Å². The standard InChI is InChI=1S/C12H15Cl2N5/c1-12(2,3)15-7-11-16-17-18-19(11)10-6-8(13)4-5-9(10)14/h4-6,15H,7H2,1-3H3. The summed E-state index contributed by atoms with van der Waals surface area (Å²) in [4.78, 5) is 0. The van der Waals surface area contributed by atoms with Gasteiger partial charge in [-0.25, -0.2) is 0 Å². The Hall–Kier alpha value is -1.17. The molecular weight excluding hydrogens is 285 g/mol. The van der Waals surface area contributed by atoms with Crippen LogP contribution in [0.5, 0.6) is 0 Å². The van der Waals surface area contributed by atoms with Crippen LogP contribution in [0.3, 0.4) is 0 Å². The van der Waals surface area contributed by atoms with Crippen molar-refractivity contribution in [3.8, 4) is 5.69 Å². The van der Waals surface area contributed by atoms with E-state index in [9.17, 15) is 0 Å². The molecule has 2 aromatic rings. The van der Waals surface area contributed by atoms with Crippen LogP contribution in [0, 0.1) is 0 Å². The van der Waals surface area contributed by atoms with Gasteiger partial charge in [-0.2, -0.15) is 4.68 Å². The van der Waals surface area contributed by atoms with E-state index in [0.29, 0.717) is 28.1 Å². The third-order valence-electron chi connectivity index (χ3n) is 2.45. The van der Waals surface area contributed by atoms with Gasteiger partial charge in [-0.15, -0.1) is 5.10 Å². The third-order valence-corrected chi connectivity index (χ3v) is 3.00. The molecular formula is C12H15Cl2N5. The van der Waals surface area contributed by atoms with Crippen molar-refractivity contribution < 1.29 is 0 Å². The zero-order valence-electron chi connectivity index (χ0n) is 11.0. The van der Waals surface area contributed by atoms with Crippen molar-refractivity contribution in [2.24, 2.45) is 0 Å². The highest BCUT2D eigenvalue weighted by molar-refractivity contribution is 6.34. The van der Waals surface area contributed by atoms with Crippen LogP contribution in [0.4, 0.5) is 0 Å². The first-order valence-corrected chi connectivity index (χ1v) is 6.60. The maximum absolute atomic E-state index is 6.15. The van der Waals surface area contributed by atoms with Crippen LogP contribution >= 0.6 is 23.2 Å². The Kier molecular flexibility index (Phi) is 4.08. The van der Waals surface area contributed by atoms with Crippen LogP contribution in [0.1, 0.15) is 26.6 Å². The predicted molar refractivity (Wildman–Crippen MR) is 75.8 cm³/mol. The summed E-state index contributed by atoms with van der Waals surface area (Å²) in [5.41, 5.74) is 0.652. The van der Waals surface area contributed by atoms with E-state index in [1.165, 1.54) is 0 Å². The van der Waals surface area contributed by atoms with Crippen molar-refractivity contribution in [3.63, 3.8) is 0 Å². The van der Waals surface area contributed by atoms with E-state index in [0.717, 1.165) is 0 Å². The van der Waals surface area contributed by atoms with Gasteiger partial charge in [0, 0.05) is 10.6 Å². The highest BCUT2D eigenvalue weighted by Crippen LogP contribution is 2.24. The molecule has 5 nitrogen and oxygen atoms in total. The van der Waals surface area contributed by atoms with E-state index in [-0.39, 0.29) is 5.54 Å². The Bertz CT molecular complexity index is 574. The second-order valence-corrected chi connectivity index (χ2v) is 6.05. The number of hydrogen-bond acceptors (Lipinski definition) is 4. The van der Waals surface area contributed by atoms with Crippen molar-refractivity contribution in [3.05, 3.63) is 34.1 Å². The van der Waals surface area contributed by atoms with Gasteiger partial charge in [-0.3, -0.25) is 0 Å². The molecule has 0 aliphatic carbocycles. The summed E-state index contributed by atoms with van der Waals surface area (Å²) in [6.07, 6.45) is 0. The first kappa shape index (κ1) is 14.2. The Labute approximate surface area is 121 Å². The van der Waals surface area contributed by atoms with Gasteiger partial charge >= 0.3 is 0 Å². The number of rotatable bonds is 3. The maximum atomic E-state index is 6.15. The molecule has 0 saturated heterocycles. The first-order chi connectivity index (χ1) is 8.87. The molecule has 1 aromatic heterocycles. The maximum Gasteiger partial charge on any atom is 0.170 e. The lowest BCUT2D eigenvalue weighted by Gasteiger charge is -2.20. The lowest BCUT2D eigenvalue weighted by Crippen LogP contribution is -2.35. The van der Waals surface area contributed by atoms with Crippen molar-refractivity contribution in [2.45, 2.75) is 32.9 Å². The number of nitrogens with one attached hydrogen (secondary N) is 1. The predicted octanol–water partition coefficient (Wildman–Crippen LogP) is 2.86. The molecule has 0 fully saturated rings. The molecule has 0 bridgehead atoms. The van der Waals surface area contributed by atoms with E-state index in [2.05, 4.69) is 41.6 Å². The highest BCUT2D eigenvalue weighted by Gasteiger charge is 2.15. The number of hydrogen-bond donors (Lipinski definition) is 1. The Morgan fingerprint density at radius 3 is 2.68 bits per heavy atom. The molecule has 0 amide bonds. The van der Waals surface area contributed by atoms with Crippen molar-refractivity contribution in [1.82, 2.24) is 25.5 Å². The summed E-state index contributed by atoms with van der Waals surface area (Å²) in [5, 5.41) is 16.1. The average Bonchev–Trinajstić information content (AvgIpc) is 2.77. The van der Waals surface area contributed by atoms with Crippen molar-refractivity contribution in [1.29, 1.82) is 0 Å². The monoisotopic (exact) mass is 299 g/mol. The van der Waals surface area contributed by atoms with E-state index >= 15 is 0 Å². The lowest BCUT2D eigenvalue weighted by molar-refractivity contribution is 0.415. The topological polar surface area (TPSA) is 55.6 Å². The molecule has 0 radical (unpaired) electrons. The molecule has 1 N–H and O–H groups in total. The minimum Gasteiger partial charge on any atom is -0.305 e. The SMILES string of the molecule is CC(C)(C)NCc1nnnn1-c1cc(Cl)ccc1Cl. The highest BCUT2D eigenvalue weighted by atomic mass is 35.5. The quantitative estimate of drug-likeness (QED) is 0.947. The molecule has 0 aliphatic rings. The minimum atomic E-state index is -0.0189. The zero-order chi connectivity index (χ0) is 14.0. The lowest BCUT2D eigenvalue weighted by atomic mass is 10.1. The van der Waals surface area contributed by atoms with Gasteiger partial charge < -0.3 is 5.32 Å². The normalized spacial score (nSPS) is 11.8. The Morgan fingerprint density at radius 2 is 2.00 bits per heavy atom. The summed E-state index contributed by atoms with van der Waals surface area (Å²) in [6.45, 7) is 6.77. The zero-order valence-corrected chi connectivity index (χ0v) is 12.5. The minimum absolute atomic E-state index is 0.0189. The molecule has 0 unspecified atom stereocenters. The summed E-state index contributed by atoms with van der Waals surface area (Å²) < 4.78 is 1.59. The molecule has 2 rings (SSSR count). The molecule has 102 valence electrons. The molecule has 0 aliphatic heterocycles. The third kappa shape index (κ3) is 3.65. The van der Waals surface area contributed by atoms with Gasteiger partial charge in [0.1, 0.15) is 0 Å². The fourth-order valence-corrected chi connectivity index (χ4v) is 1.86. The van der Waals surface area contributed by atoms with Crippen LogP contribution < -0.4 is 5.32 Å². The van der Waals surface area contributed by atoms with Gasteiger partial charge in [0.05, 0.1) is 17.3 Å². The van der Waals surface area contributed by atoms with Gasteiger partial charge in [0.25, 0.3) is 0 Å². The van der Waals surface area contributed by atoms with Crippen LogP contribution in [-0.2, 0) is 6.54 Å². The molecule has 1 aromatic carbocycles. The Balaban J connectivity index is 2.31.